The average Bonchev–Trinajstić information content (AvgIpc) is 2.42. The third kappa shape index (κ3) is 3.30. The van der Waals surface area contributed by atoms with Gasteiger partial charge in [0.2, 0.25) is 0 Å². The van der Waals surface area contributed by atoms with E-state index in [-0.39, 0.29) is 21.4 Å². The number of rotatable bonds is 3. The van der Waals surface area contributed by atoms with Crippen LogP contribution >= 0.6 is 15.9 Å². The normalized spacial score (nSPS) is 10.3. The Hall–Kier alpha value is -2.15. The zero-order chi connectivity index (χ0) is 15.6. The minimum atomic E-state index is -0.878. The van der Waals surface area contributed by atoms with Crippen molar-refractivity contribution in [3.63, 3.8) is 0 Å². The summed E-state index contributed by atoms with van der Waals surface area (Å²) in [6, 6.07) is 6.16. The third-order valence-corrected chi connectivity index (χ3v) is 3.36. The molecule has 0 heterocycles. The van der Waals surface area contributed by atoms with Gasteiger partial charge in [0.05, 0.1) is 18.5 Å². The number of hydrogen-bond acceptors (Lipinski definition) is 3. The van der Waals surface area contributed by atoms with E-state index < -0.39 is 17.5 Å². The predicted octanol–water partition coefficient (Wildman–Crippen LogP) is 3.57. The first-order valence-electron chi connectivity index (χ1n) is 5.81. The van der Waals surface area contributed by atoms with Gasteiger partial charge in [-0.25, -0.2) is 8.78 Å². The molecular formula is C14H11BrF2N2O2. The molecule has 110 valence electrons. The van der Waals surface area contributed by atoms with E-state index >= 15 is 0 Å². The largest absolute Gasteiger partial charge is 0.495 e. The molecule has 0 fully saturated rings. The molecule has 1 amide bonds. The van der Waals surface area contributed by atoms with Crippen molar-refractivity contribution >= 4 is 33.2 Å². The highest BCUT2D eigenvalue weighted by Crippen LogP contribution is 2.28. The van der Waals surface area contributed by atoms with Crippen LogP contribution in [0.2, 0.25) is 0 Å². The molecular weight excluding hydrogens is 346 g/mol. The lowest BCUT2D eigenvalue weighted by Gasteiger charge is -2.10. The Morgan fingerprint density at radius 1 is 1.29 bits per heavy atom. The van der Waals surface area contributed by atoms with Crippen LogP contribution in [0.1, 0.15) is 10.4 Å². The van der Waals surface area contributed by atoms with Crippen LogP contribution in [0, 0.1) is 11.6 Å². The van der Waals surface area contributed by atoms with E-state index in [1.54, 1.807) is 0 Å². The number of halogens is 3. The summed E-state index contributed by atoms with van der Waals surface area (Å²) < 4.78 is 31.7. The smallest absolute Gasteiger partial charge is 0.255 e. The lowest BCUT2D eigenvalue weighted by atomic mass is 10.1. The Kier molecular flexibility index (Phi) is 4.42. The molecule has 0 radical (unpaired) electrons. The number of benzene rings is 2. The maximum absolute atomic E-state index is 13.7. The summed E-state index contributed by atoms with van der Waals surface area (Å²) in [6.45, 7) is 0. The fourth-order valence-electron chi connectivity index (χ4n) is 1.72. The topological polar surface area (TPSA) is 64.3 Å². The second-order valence-corrected chi connectivity index (χ2v) is 5.01. The summed E-state index contributed by atoms with van der Waals surface area (Å²) in [4.78, 5) is 12.1. The van der Waals surface area contributed by atoms with E-state index in [1.807, 2.05) is 0 Å². The molecule has 0 saturated carbocycles. The third-order valence-electron chi connectivity index (χ3n) is 2.74. The number of carbonyl (C=O) groups is 1. The zero-order valence-corrected chi connectivity index (χ0v) is 12.5. The number of hydrogen-bond donors (Lipinski definition) is 2. The highest BCUT2D eigenvalue weighted by molar-refractivity contribution is 9.10. The highest BCUT2D eigenvalue weighted by atomic mass is 79.9. The molecule has 0 aliphatic carbocycles. The van der Waals surface area contributed by atoms with Crippen LogP contribution in [-0.2, 0) is 0 Å². The molecule has 0 aliphatic rings. The molecule has 0 unspecified atom stereocenters. The minimum absolute atomic E-state index is 0.106. The molecule has 0 atom stereocenters. The Balaban J connectivity index is 2.28. The van der Waals surface area contributed by atoms with Gasteiger partial charge in [-0.05, 0) is 40.2 Å². The summed E-state index contributed by atoms with van der Waals surface area (Å²) in [5.74, 6) is -1.76. The molecule has 3 N–H and O–H groups in total. The van der Waals surface area contributed by atoms with Crippen molar-refractivity contribution in [1.29, 1.82) is 0 Å². The van der Waals surface area contributed by atoms with Gasteiger partial charge >= 0.3 is 0 Å². The predicted molar refractivity (Wildman–Crippen MR) is 79.4 cm³/mol. The van der Waals surface area contributed by atoms with Crippen molar-refractivity contribution < 1.29 is 18.3 Å². The van der Waals surface area contributed by atoms with E-state index in [0.29, 0.717) is 11.8 Å². The quantitative estimate of drug-likeness (QED) is 0.826. The SMILES string of the molecule is COc1ccc(C(=O)Nc2c(F)cc(F)cc2Br)cc1N. The summed E-state index contributed by atoms with van der Waals surface area (Å²) in [5.41, 5.74) is 6.07. The number of ether oxygens (including phenoxy) is 1. The number of anilines is 2. The summed E-state index contributed by atoms with van der Waals surface area (Å²) in [5, 5.41) is 2.36. The number of nitrogens with two attached hydrogens (primary N) is 1. The molecule has 7 heteroatoms. The number of amides is 1. The maximum atomic E-state index is 13.7. The van der Waals surface area contributed by atoms with E-state index in [0.717, 1.165) is 6.07 Å². The number of nitrogen functional groups attached to an aromatic ring is 1. The fraction of sp³-hybridized carbons (Fsp3) is 0.0714. The van der Waals surface area contributed by atoms with Gasteiger partial charge in [-0.2, -0.15) is 0 Å². The monoisotopic (exact) mass is 356 g/mol. The number of methoxy groups -OCH3 is 1. The Labute approximate surface area is 128 Å². The molecule has 2 aromatic rings. The second kappa shape index (κ2) is 6.09. The molecule has 0 bridgehead atoms. The summed E-state index contributed by atoms with van der Waals surface area (Å²) in [6.07, 6.45) is 0. The highest BCUT2D eigenvalue weighted by Gasteiger charge is 2.15. The van der Waals surface area contributed by atoms with Gasteiger partial charge in [0.25, 0.3) is 5.91 Å². The van der Waals surface area contributed by atoms with Crippen molar-refractivity contribution in [1.82, 2.24) is 0 Å². The lowest BCUT2D eigenvalue weighted by molar-refractivity contribution is 0.102. The van der Waals surface area contributed by atoms with Crippen molar-refractivity contribution in [2.45, 2.75) is 0 Å². The van der Waals surface area contributed by atoms with Crippen molar-refractivity contribution in [2.24, 2.45) is 0 Å². The van der Waals surface area contributed by atoms with E-state index in [1.165, 1.54) is 25.3 Å². The van der Waals surface area contributed by atoms with Gasteiger partial charge in [0, 0.05) is 16.1 Å². The molecule has 2 rings (SSSR count). The molecule has 2 aromatic carbocycles. The van der Waals surface area contributed by atoms with Gasteiger partial charge in [-0.1, -0.05) is 0 Å². The standard InChI is InChI=1S/C14H11BrF2N2O2/c1-21-12-3-2-7(4-11(12)18)14(20)19-13-9(15)5-8(16)6-10(13)17/h2-6H,18H2,1H3,(H,19,20). The van der Waals surface area contributed by atoms with Crippen molar-refractivity contribution in [2.75, 3.05) is 18.2 Å². The van der Waals surface area contributed by atoms with Gasteiger partial charge in [-0.3, -0.25) is 4.79 Å². The summed E-state index contributed by atoms with van der Waals surface area (Å²) in [7, 11) is 1.45. The van der Waals surface area contributed by atoms with Crippen LogP contribution in [0.4, 0.5) is 20.2 Å². The van der Waals surface area contributed by atoms with Crippen molar-refractivity contribution in [3.05, 3.63) is 52.0 Å². The van der Waals surface area contributed by atoms with E-state index in [9.17, 15) is 13.6 Å². The average molecular weight is 357 g/mol. The van der Waals surface area contributed by atoms with Crippen LogP contribution in [0.5, 0.6) is 5.75 Å². The number of nitrogens with one attached hydrogen (secondary N) is 1. The maximum Gasteiger partial charge on any atom is 0.255 e. The Bertz CT molecular complexity index is 684. The van der Waals surface area contributed by atoms with Gasteiger partial charge in [-0.15, -0.1) is 0 Å². The van der Waals surface area contributed by atoms with Crippen molar-refractivity contribution in [3.8, 4) is 5.75 Å². The van der Waals surface area contributed by atoms with Crippen LogP contribution in [-0.4, -0.2) is 13.0 Å². The first kappa shape index (κ1) is 15.2. The minimum Gasteiger partial charge on any atom is -0.495 e. The van der Waals surface area contributed by atoms with Gasteiger partial charge in [0.15, 0.2) is 5.82 Å². The second-order valence-electron chi connectivity index (χ2n) is 4.16. The van der Waals surface area contributed by atoms with Gasteiger partial charge in [0.1, 0.15) is 11.6 Å². The van der Waals surface area contributed by atoms with Crippen LogP contribution in [0.25, 0.3) is 0 Å². The first-order valence-corrected chi connectivity index (χ1v) is 6.61. The van der Waals surface area contributed by atoms with Gasteiger partial charge < -0.3 is 15.8 Å². The molecule has 0 aliphatic heterocycles. The van der Waals surface area contributed by atoms with Crippen LogP contribution in [0.15, 0.2) is 34.8 Å². The molecule has 21 heavy (non-hydrogen) atoms. The van der Waals surface area contributed by atoms with Crippen LogP contribution < -0.4 is 15.8 Å². The Morgan fingerprint density at radius 3 is 2.57 bits per heavy atom. The molecule has 4 nitrogen and oxygen atoms in total. The number of carbonyl (C=O) groups excluding carboxylic acids is 1. The lowest BCUT2D eigenvalue weighted by Crippen LogP contribution is -2.14. The van der Waals surface area contributed by atoms with E-state index in [2.05, 4.69) is 21.2 Å². The first-order chi connectivity index (χ1) is 9.92. The fourth-order valence-corrected chi connectivity index (χ4v) is 2.23. The molecule has 0 spiro atoms. The van der Waals surface area contributed by atoms with E-state index in [4.69, 9.17) is 10.5 Å². The van der Waals surface area contributed by atoms with Crippen LogP contribution in [0.3, 0.4) is 0 Å². The Morgan fingerprint density at radius 2 is 2.00 bits per heavy atom. The molecule has 0 saturated heterocycles. The molecule has 0 aromatic heterocycles. The zero-order valence-electron chi connectivity index (χ0n) is 10.9. The summed E-state index contributed by atoms with van der Waals surface area (Å²) >= 11 is 3.00.